The van der Waals surface area contributed by atoms with E-state index in [1.54, 1.807) is 0 Å². The van der Waals surface area contributed by atoms with Crippen molar-refractivity contribution in [2.24, 2.45) is 0 Å². The van der Waals surface area contributed by atoms with E-state index in [4.69, 9.17) is 14.2 Å². The average molecular weight is 372 g/mol. The molecule has 0 fully saturated rings. The van der Waals surface area contributed by atoms with Crippen LogP contribution in [0.4, 0.5) is 0 Å². The lowest BCUT2D eigenvalue weighted by atomic mass is 9.95. The highest BCUT2D eigenvalue weighted by atomic mass is 16.6. The number of cyclic esters (lactones) is 1. The number of hydrogen-bond donors (Lipinski definition) is 1. The number of aliphatic hydroxyl groups is 1. The van der Waals surface area contributed by atoms with Gasteiger partial charge < -0.3 is 19.3 Å². The number of methoxy groups -OCH3 is 1. The van der Waals surface area contributed by atoms with Gasteiger partial charge in [0.15, 0.2) is 17.8 Å². The fourth-order valence-electron chi connectivity index (χ4n) is 2.79. The van der Waals surface area contributed by atoms with Crippen LogP contribution in [0.1, 0.15) is 51.3 Å². The Hall–Kier alpha value is -2.86. The standard InChI is InChI=1S/C19H18O6.C2H6/c1-11-3-5-12(6-4-11)10-24-16-7-14-13(8-17(21)25-19(14)22)15(9-20)18(16)23-2;1-2/h3-7,9,17,21H,8,10H2,1-2H3;1-2H3. The van der Waals surface area contributed by atoms with Gasteiger partial charge in [-0.05, 0) is 24.1 Å². The van der Waals surface area contributed by atoms with Gasteiger partial charge in [-0.3, -0.25) is 4.79 Å². The van der Waals surface area contributed by atoms with Gasteiger partial charge in [-0.25, -0.2) is 4.79 Å². The highest BCUT2D eigenvalue weighted by molar-refractivity contribution is 5.97. The van der Waals surface area contributed by atoms with E-state index >= 15 is 0 Å². The third-order valence-electron chi connectivity index (χ3n) is 4.07. The molecule has 1 unspecified atom stereocenters. The molecule has 1 heterocycles. The quantitative estimate of drug-likeness (QED) is 0.639. The van der Waals surface area contributed by atoms with Crippen molar-refractivity contribution in [3.63, 3.8) is 0 Å². The molecule has 0 spiro atoms. The van der Waals surface area contributed by atoms with Crippen LogP contribution in [0.2, 0.25) is 0 Å². The van der Waals surface area contributed by atoms with Crippen molar-refractivity contribution in [2.45, 2.75) is 40.1 Å². The Morgan fingerprint density at radius 3 is 2.52 bits per heavy atom. The molecule has 0 bridgehead atoms. The van der Waals surface area contributed by atoms with Crippen molar-refractivity contribution in [1.29, 1.82) is 0 Å². The maximum Gasteiger partial charge on any atom is 0.340 e. The van der Waals surface area contributed by atoms with E-state index in [-0.39, 0.29) is 35.7 Å². The summed E-state index contributed by atoms with van der Waals surface area (Å²) in [6.45, 7) is 6.25. The SMILES string of the molecule is CC.COc1c(OCc2ccc(C)cc2)cc2c(c1C=O)CC(O)OC2=O. The first kappa shape index (κ1) is 20.5. The average Bonchev–Trinajstić information content (AvgIpc) is 2.68. The van der Waals surface area contributed by atoms with E-state index in [0.717, 1.165) is 11.1 Å². The Balaban J connectivity index is 0.00000126. The molecular formula is C21H24O6. The summed E-state index contributed by atoms with van der Waals surface area (Å²) in [5, 5.41) is 9.62. The predicted octanol–water partition coefficient (Wildman–Crippen LogP) is 3.45. The fraction of sp³-hybridized carbons (Fsp3) is 0.333. The van der Waals surface area contributed by atoms with Crippen molar-refractivity contribution >= 4 is 12.3 Å². The minimum Gasteiger partial charge on any atom is -0.492 e. The highest BCUT2D eigenvalue weighted by Gasteiger charge is 2.31. The molecule has 0 amide bonds. The summed E-state index contributed by atoms with van der Waals surface area (Å²) in [6.07, 6.45) is -0.645. The first-order chi connectivity index (χ1) is 13.0. The Kier molecular flexibility index (Phi) is 6.96. The molecule has 2 aromatic carbocycles. The smallest absolute Gasteiger partial charge is 0.340 e. The zero-order valence-corrected chi connectivity index (χ0v) is 15.9. The second-order valence-electron chi connectivity index (χ2n) is 5.80. The molecule has 1 aliphatic rings. The first-order valence-corrected chi connectivity index (χ1v) is 8.80. The van der Waals surface area contributed by atoms with Gasteiger partial charge in [-0.2, -0.15) is 0 Å². The molecule has 1 atom stereocenters. The molecular weight excluding hydrogens is 348 g/mol. The van der Waals surface area contributed by atoms with E-state index in [2.05, 4.69) is 0 Å². The van der Waals surface area contributed by atoms with E-state index < -0.39 is 12.3 Å². The molecule has 2 aromatic rings. The predicted molar refractivity (Wildman–Crippen MR) is 100 cm³/mol. The molecule has 0 aliphatic carbocycles. The van der Waals surface area contributed by atoms with Crippen LogP contribution < -0.4 is 9.47 Å². The highest BCUT2D eigenvalue weighted by Crippen LogP contribution is 2.38. The van der Waals surface area contributed by atoms with Crippen LogP contribution in [0.25, 0.3) is 0 Å². The number of aliphatic hydroxyl groups excluding tert-OH is 1. The Labute approximate surface area is 158 Å². The maximum absolute atomic E-state index is 12.0. The molecule has 1 N–H and O–H groups in total. The zero-order valence-electron chi connectivity index (χ0n) is 15.9. The molecule has 0 saturated heterocycles. The second kappa shape index (κ2) is 9.19. The summed E-state index contributed by atoms with van der Waals surface area (Å²) in [6, 6.07) is 9.30. The molecule has 27 heavy (non-hydrogen) atoms. The van der Waals surface area contributed by atoms with Crippen molar-refractivity contribution in [3.05, 3.63) is 58.1 Å². The summed E-state index contributed by atoms with van der Waals surface area (Å²) in [7, 11) is 1.42. The number of aryl methyl sites for hydroxylation is 1. The Morgan fingerprint density at radius 1 is 1.26 bits per heavy atom. The molecule has 0 aromatic heterocycles. The third-order valence-corrected chi connectivity index (χ3v) is 4.07. The van der Waals surface area contributed by atoms with Crippen molar-refractivity contribution < 1.29 is 28.9 Å². The monoisotopic (exact) mass is 372 g/mol. The topological polar surface area (TPSA) is 82.1 Å². The lowest BCUT2D eigenvalue weighted by Crippen LogP contribution is -2.28. The van der Waals surface area contributed by atoms with Gasteiger partial charge in [0, 0.05) is 6.42 Å². The van der Waals surface area contributed by atoms with Crippen LogP contribution in [0.15, 0.2) is 30.3 Å². The van der Waals surface area contributed by atoms with E-state index in [1.165, 1.54) is 13.2 Å². The van der Waals surface area contributed by atoms with Gasteiger partial charge in [0.2, 0.25) is 6.29 Å². The van der Waals surface area contributed by atoms with Crippen molar-refractivity contribution in [3.8, 4) is 11.5 Å². The number of fused-ring (bicyclic) bond motifs is 1. The Bertz CT molecular complexity index is 810. The number of carbonyl (C=O) groups excluding carboxylic acids is 2. The number of ether oxygens (including phenoxy) is 3. The van der Waals surface area contributed by atoms with E-state index in [9.17, 15) is 14.7 Å². The van der Waals surface area contributed by atoms with Crippen LogP contribution >= 0.6 is 0 Å². The molecule has 1 aliphatic heterocycles. The van der Waals surface area contributed by atoms with Gasteiger partial charge in [0.05, 0.1) is 18.2 Å². The summed E-state index contributed by atoms with van der Waals surface area (Å²) in [5.74, 6) is -0.181. The van der Waals surface area contributed by atoms with Gasteiger partial charge in [0.25, 0.3) is 0 Å². The van der Waals surface area contributed by atoms with Gasteiger partial charge >= 0.3 is 5.97 Å². The summed E-state index contributed by atoms with van der Waals surface area (Å²) < 4.78 is 15.9. The number of aldehydes is 1. The minimum absolute atomic E-state index is 0.0315. The largest absolute Gasteiger partial charge is 0.492 e. The molecule has 0 saturated carbocycles. The summed E-state index contributed by atoms with van der Waals surface area (Å²) in [4.78, 5) is 23.6. The lowest BCUT2D eigenvalue weighted by Gasteiger charge is -2.24. The van der Waals surface area contributed by atoms with E-state index in [1.807, 2.05) is 45.0 Å². The van der Waals surface area contributed by atoms with Gasteiger partial charge in [0.1, 0.15) is 6.61 Å². The zero-order chi connectivity index (χ0) is 20.0. The second-order valence-corrected chi connectivity index (χ2v) is 5.80. The molecule has 0 radical (unpaired) electrons. The fourth-order valence-corrected chi connectivity index (χ4v) is 2.79. The number of rotatable bonds is 5. The molecule has 144 valence electrons. The molecule has 3 rings (SSSR count). The number of carbonyl (C=O) groups is 2. The van der Waals surface area contributed by atoms with Crippen LogP contribution in [-0.2, 0) is 17.8 Å². The molecule has 6 heteroatoms. The van der Waals surface area contributed by atoms with E-state index in [0.29, 0.717) is 11.8 Å². The number of benzene rings is 2. The summed E-state index contributed by atoms with van der Waals surface area (Å²) in [5.41, 5.74) is 2.87. The maximum atomic E-state index is 12.0. The van der Waals surface area contributed by atoms with Crippen LogP contribution in [0.3, 0.4) is 0 Å². The first-order valence-electron chi connectivity index (χ1n) is 8.80. The third kappa shape index (κ3) is 4.46. The van der Waals surface area contributed by atoms with Crippen molar-refractivity contribution in [2.75, 3.05) is 7.11 Å². The Morgan fingerprint density at radius 2 is 1.93 bits per heavy atom. The lowest BCUT2D eigenvalue weighted by molar-refractivity contribution is -0.0688. The summed E-state index contributed by atoms with van der Waals surface area (Å²) >= 11 is 0. The normalized spacial score (nSPS) is 15.0. The number of esters is 1. The van der Waals surface area contributed by atoms with Crippen LogP contribution in [0.5, 0.6) is 11.5 Å². The minimum atomic E-state index is -1.28. The van der Waals surface area contributed by atoms with Gasteiger partial charge in [-0.1, -0.05) is 43.7 Å². The van der Waals surface area contributed by atoms with Gasteiger partial charge in [-0.15, -0.1) is 0 Å². The van der Waals surface area contributed by atoms with Crippen molar-refractivity contribution in [1.82, 2.24) is 0 Å². The van der Waals surface area contributed by atoms with Crippen LogP contribution in [0, 0.1) is 6.92 Å². The van der Waals surface area contributed by atoms with Crippen LogP contribution in [-0.4, -0.2) is 30.8 Å². The number of hydrogen-bond acceptors (Lipinski definition) is 6. The molecule has 6 nitrogen and oxygen atoms in total.